The zero-order valence-electron chi connectivity index (χ0n) is 13.7. The van der Waals surface area contributed by atoms with Crippen LogP contribution in [0.1, 0.15) is 36.3 Å². The van der Waals surface area contributed by atoms with Gasteiger partial charge in [0, 0.05) is 36.4 Å². The molecule has 1 atom stereocenters. The van der Waals surface area contributed by atoms with Gasteiger partial charge in [0.05, 0.1) is 6.54 Å². The van der Waals surface area contributed by atoms with E-state index in [2.05, 4.69) is 34.5 Å². The van der Waals surface area contributed by atoms with Crippen LogP contribution in [0, 0.1) is 6.92 Å². The molecule has 0 saturated carbocycles. The van der Waals surface area contributed by atoms with E-state index in [0.29, 0.717) is 6.04 Å². The van der Waals surface area contributed by atoms with Gasteiger partial charge in [-0.1, -0.05) is 25.1 Å². The molecule has 0 fully saturated rings. The molecule has 2 aromatic heterocycles. The van der Waals surface area contributed by atoms with E-state index < -0.39 is 0 Å². The van der Waals surface area contributed by atoms with E-state index in [-0.39, 0.29) is 0 Å². The first-order chi connectivity index (χ1) is 11.2. The monoisotopic (exact) mass is 310 g/mol. The summed E-state index contributed by atoms with van der Waals surface area (Å²) in [7, 11) is 0. The SMILES string of the molecule is CCc1oc2ccccc2c1CN[C@H]1CCc2nc(C)nn2C1. The zero-order valence-corrected chi connectivity index (χ0v) is 13.7. The van der Waals surface area contributed by atoms with Gasteiger partial charge in [-0.25, -0.2) is 9.67 Å². The molecule has 0 aliphatic carbocycles. The van der Waals surface area contributed by atoms with Gasteiger partial charge in [-0.15, -0.1) is 0 Å². The summed E-state index contributed by atoms with van der Waals surface area (Å²) in [4.78, 5) is 4.47. The van der Waals surface area contributed by atoms with Crippen LogP contribution in [-0.4, -0.2) is 20.8 Å². The molecule has 1 aliphatic rings. The molecule has 1 aromatic carbocycles. The van der Waals surface area contributed by atoms with Crippen LogP contribution in [0.5, 0.6) is 0 Å². The van der Waals surface area contributed by atoms with Crippen molar-refractivity contribution in [1.29, 1.82) is 0 Å². The van der Waals surface area contributed by atoms with E-state index >= 15 is 0 Å². The molecule has 3 aromatic rings. The van der Waals surface area contributed by atoms with E-state index in [1.54, 1.807) is 0 Å². The third kappa shape index (κ3) is 2.65. The van der Waals surface area contributed by atoms with Crippen molar-refractivity contribution in [3.8, 4) is 0 Å². The van der Waals surface area contributed by atoms with Crippen molar-refractivity contribution >= 4 is 11.0 Å². The summed E-state index contributed by atoms with van der Waals surface area (Å²) in [6.07, 6.45) is 3.02. The molecule has 5 nitrogen and oxygen atoms in total. The summed E-state index contributed by atoms with van der Waals surface area (Å²) in [6.45, 7) is 5.84. The Hall–Kier alpha value is -2.14. The highest BCUT2D eigenvalue weighted by atomic mass is 16.3. The van der Waals surface area contributed by atoms with E-state index in [9.17, 15) is 0 Å². The summed E-state index contributed by atoms with van der Waals surface area (Å²) < 4.78 is 8.03. The van der Waals surface area contributed by atoms with Crippen molar-refractivity contribution in [2.24, 2.45) is 0 Å². The number of para-hydroxylation sites is 1. The Morgan fingerprint density at radius 1 is 1.35 bits per heavy atom. The first-order valence-electron chi connectivity index (χ1n) is 8.37. The normalized spacial score (nSPS) is 17.6. The minimum Gasteiger partial charge on any atom is -0.461 e. The molecular weight excluding hydrogens is 288 g/mol. The van der Waals surface area contributed by atoms with Gasteiger partial charge in [0.15, 0.2) is 0 Å². The number of benzene rings is 1. The Morgan fingerprint density at radius 3 is 3.09 bits per heavy atom. The van der Waals surface area contributed by atoms with Crippen molar-refractivity contribution < 1.29 is 4.42 Å². The second-order valence-corrected chi connectivity index (χ2v) is 6.23. The molecule has 1 aliphatic heterocycles. The summed E-state index contributed by atoms with van der Waals surface area (Å²) >= 11 is 0. The van der Waals surface area contributed by atoms with Crippen molar-refractivity contribution in [1.82, 2.24) is 20.1 Å². The summed E-state index contributed by atoms with van der Waals surface area (Å²) in [6, 6.07) is 8.73. The molecule has 5 heteroatoms. The average molecular weight is 310 g/mol. The lowest BCUT2D eigenvalue weighted by Gasteiger charge is -2.23. The fourth-order valence-electron chi connectivity index (χ4n) is 3.48. The fourth-order valence-corrected chi connectivity index (χ4v) is 3.48. The van der Waals surface area contributed by atoms with Gasteiger partial charge in [0.25, 0.3) is 0 Å². The van der Waals surface area contributed by atoms with E-state index in [4.69, 9.17) is 4.42 Å². The standard InChI is InChI=1S/C18H22N4O/c1-3-16-15(14-6-4-5-7-17(14)23-16)10-19-13-8-9-18-20-12(2)21-22(18)11-13/h4-7,13,19H,3,8-11H2,1-2H3/t13-/m0/s1. The van der Waals surface area contributed by atoms with Gasteiger partial charge in [0.1, 0.15) is 23.0 Å². The van der Waals surface area contributed by atoms with Crippen molar-refractivity contribution in [3.63, 3.8) is 0 Å². The van der Waals surface area contributed by atoms with E-state index in [0.717, 1.165) is 55.3 Å². The van der Waals surface area contributed by atoms with E-state index in [1.165, 1.54) is 10.9 Å². The number of hydrogen-bond donors (Lipinski definition) is 1. The van der Waals surface area contributed by atoms with Gasteiger partial charge in [-0.3, -0.25) is 0 Å². The Balaban J connectivity index is 1.51. The van der Waals surface area contributed by atoms with Crippen molar-refractivity contribution in [2.45, 2.75) is 52.2 Å². The summed E-state index contributed by atoms with van der Waals surface area (Å²) in [5, 5.41) is 9.40. The highest BCUT2D eigenvalue weighted by molar-refractivity contribution is 5.82. The second kappa shape index (κ2) is 5.81. The Morgan fingerprint density at radius 2 is 2.22 bits per heavy atom. The lowest BCUT2D eigenvalue weighted by atomic mass is 10.1. The van der Waals surface area contributed by atoms with Gasteiger partial charge < -0.3 is 9.73 Å². The topological polar surface area (TPSA) is 55.9 Å². The van der Waals surface area contributed by atoms with Crippen LogP contribution < -0.4 is 5.32 Å². The minimum absolute atomic E-state index is 0.432. The Kier molecular flexibility index (Phi) is 3.65. The van der Waals surface area contributed by atoms with Crippen molar-refractivity contribution in [3.05, 3.63) is 47.2 Å². The van der Waals surface area contributed by atoms with Crippen LogP contribution in [0.25, 0.3) is 11.0 Å². The molecule has 0 unspecified atom stereocenters. The molecule has 4 rings (SSSR count). The molecule has 0 bridgehead atoms. The number of hydrogen-bond acceptors (Lipinski definition) is 4. The number of nitrogens with one attached hydrogen (secondary N) is 1. The molecule has 0 radical (unpaired) electrons. The van der Waals surface area contributed by atoms with E-state index in [1.807, 2.05) is 23.7 Å². The van der Waals surface area contributed by atoms with Crippen LogP contribution in [0.4, 0.5) is 0 Å². The maximum atomic E-state index is 5.98. The Bertz CT molecular complexity index is 833. The molecule has 0 saturated heterocycles. The highest BCUT2D eigenvalue weighted by Gasteiger charge is 2.21. The van der Waals surface area contributed by atoms with Gasteiger partial charge in [0.2, 0.25) is 0 Å². The lowest BCUT2D eigenvalue weighted by molar-refractivity contribution is 0.357. The van der Waals surface area contributed by atoms with Crippen LogP contribution in [0.15, 0.2) is 28.7 Å². The number of fused-ring (bicyclic) bond motifs is 2. The van der Waals surface area contributed by atoms with Crippen LogP contribution in [0.2, 0.25) is 0 Å². The fraction of sp³-hybridized carbons (Fsp3) is 0.444. The molecule has 3 heterocycles. The molecule has 0 amide bonds. The smallest absolute Gasteiger partial charge is 0.147 e. The van der Waals surface area contributed by atoms with Crippen LogP contribution >= 0.6 is 0 Å². The molecular formula is C18H22N4O. The maximum absolute atomic E-state index is 5.98. The predicted octanol–water partition coefficient (Wildman–Crippen LogP) is 3.00. The number of nitrogens with zero attached hydrogens (tertiary/aromatic N) is 3. The van der Waals surface area contributed by atoms with Gasteiger partial charge >= 0.3 is 0 Å². The number of furan rings is 1. The summed E-state index contributed by atoms with van der Waals surface area (Å²) in [5.41, 5.74) is 2.28. The number of aryl methyl sites for hydroxylation is 3. The predicted molar refractivity (Wildman–Crippen MR) is 89.3 cm³/mol. The largest absolute Gasteiger partial charge is 0.461 e. The molecule has 0 spiro atoms. The highest BCUT2D eigenvalue weighted by Crippen LogP contribution is 2.26. The third-order valence-electron chi connectivity index (χ3n) is 4.63. The lowest BCUT2D eigenvalue weighted by Crippen LogP contribution is -2.37. The zero-order chi connectivity index (χ0) is 15.8. The van der Waals surface area contributed by atoms with Gasteiger partial charge in [-0.05, 0) is 19.4 Å². The number of rotatable bonds is 4. The van der Waals surface area contributed by atoms with Crippen LogP contribution in [0.3, 0.4) is 0 Å². The number of aromatic nitrogens is 3. The first kappa shape index (κ1) is 14.5. The first-order valence-corrected chi connectivity index (χ1v) is 8.37. The quantitative estimate of drug-likeness (QED) is 0.805. The average Bonchev–Trinajstić information content (AvgIpc) is 3.11. The molecule has 120 valence electrons. The maximum Gasteiger partial charge on any atom is 0.147 e. The molecule has 23 heavy (non-hydrogen) atoms. The third-order valence-corrected chi connectivity index (χ3v) is 4.63. The second-order valence-electron chi connectivity index (χ2n) is 6.23. The van der Waals surface area contributed by atoms with Gasteiger partial charge in [-0.2, -0.15) is 5.10 Å². The molecule has 1 N–H and O–H groups in total. The minimum atomic E-state index is 0.432. The van der Waals surface area contributed by atoms with Crippen LogP contribution in [-0.2, 0) is 25.9 Å². The summed E-state index contributed by atoms with van der Waals surface area (Å²) in [5.74, 6) is 3.07. The Labute approximate surface area is 135 Å². The van der Waals surface area contributed by atoms with Crippen molar-refractivity contribution in [2.75, 3.05) is 0 Å².